The van der Waals surface area contributed by atoms with E-state index in [4.69, 9.17) is 5.11 Å². The van der Waals surface area contributed by atoms with Gasteiger partial charge in [0.25, 0.3) is 0 Å². The van der Waals surface area contributed by atoms with Crippen molar-refractivity contribution >= 4 is 15.9 Å². The van der Waals surface area contributed by atoms with Crippen molar-refractivity contribution in [2.75, 3.05) is 19.7 Å². The highest BCUT2D eigenvalue weighted by Gasteiger charge is 2.48. The molecule has 1 heterocycles. The van der Waals surface area contributed by atoms with Crippen molar-refractivity contribution in [2.45, 2.75) is 13.3 Å². The lowest BCUT2D eigenvalue weighted by molar-refractivity contribution is -0.128. The van der Waals surface area contributed by atoms with Crippen LogP contribution in [0.1, 0.15) is 13.3 Å². The predicted molar refractivity (Wildman–Crippen MR) is 86.4 cm³/mol. The number of hydrogen-bond donors (Lipinski definition) is 2. The molecule has 2 aliphatic carbocycles. The lowest BCUT2D eigenvalue weighted by Gasteiger charge is -2.28. The summed E-state index contributed by atoms with van der Waals surface area (Å²) in [7, 11) is -3.66. The van der Waals surface area contributed by atoms with Crippen LogP contribution in [0.2, 0.25) is 0 Å². The Balaban J connectivity index is 1.98. The van der Waals surface area contributed by atoms with Gasteiger partial charge in [0.1, 0.15) is 0 Å². The maximum atomic E-state index is 12.5. The van der Waals surface area contributed by atoms with Crippen LogP contribution >= 0.6 is 0 Å². The Labute approximate surface area is 135 Å². The molecule has 1 saturated heterocycles. The van der Waals surface area contributed by atoms with Crippen LogP contribution in [0, 0.1) is 11.8 Å². The number of nitrogens with zero attached hydrogens (tertiary/aromatic N) is 1. The summed E-state index contributed by atoms with van der Waals surface area (Å²) < 4.78 is 27.6. The number of likely N-dealkylation sites (tertiary alicyclic amines) is 1. The van der Waals surface area contributed by atoms with Crippen LogP contribution in [-0.4, -0.2) is 44.0 Å². The van der Waals surface area contributed by atoms with E-state index in [0.29, 0.717) is 18.5 Å². The molecule has 0 aromatic heterocycles. The summed E-state index contributed by atoms with van der Waals surface area (Å²) in [5, 5.41) is 8.80. The van der Waals surface area contributed by atoms with Crippen LogP contribution in [0.15, 0.2) is 46.6 Å². The van der Waals surface area contributed by atoms with Crippen LogP contribution in [0.25, 0.3) is 0 Å². The third-order valence-electron chi connectivity index (χ3n) is 4.39. The zero-order chi connectivity index (χ0) is 16.6. The molecule has 23 heavy (non-hydrogen) atoms. The van der Waals surface area contributed by atoms with Gasteiger partial charge in [-0.2, -0.15) is 0 Å². The first-order valence-electron chi connectivity index (χ1n) is 7.73. The first-order valence-corrected chi connectivity index (χ1v) is 9.22. The molecule has 0 aromatic rings. The number of rotatable bonds is 6. The molecule has 1 amide bonds. The largest absolute Gasteiger partial charge is 0.396 e. The standard InChI is InChI=1S/C16H20N2O4S/c1-2-18-13-7-8-14(23(21,22)17-9-4-10-19)11-5-3-6-12(15(11)13)16(18)20/h3,5-8,12,15,17,19H,2,4,9-10H2,1H3. The van der Waals surface area contributed by atoms with Gasteiger partial charge in [0.05, 0.1) is 10.8 Å². The van der Waals surface area contributed by atoms with Crippen molar-refractivity contribution in [3.05, 3.63) is 46.6 Å². The van der Waals surface area contributed by atoms with Crippen molar-refractivity contribution in [1.82, 2.24) is 9.62 Å². The predicted octanol–water partition coefficient (Wildman–Crippen LogP) is 0.660. The lowest BCUT2D eigenvalue weighted by Crippen LogP contribution is -2.31. The molecule has 7 heteroatoms. The van der Waals surface area contributed by atoms with E-state index >= 15 is 0 Å². The lowest BCUT2D eigenvalue weighted by atomic mass is 9.80. The van der Waals surface area contributed by atoms with Gasteiger partial charge >= 0.3 is 0 Å². The van der Waals surface area contributed by atoms with Gasteiger partial charge in [0.15, 0.2) is 0 Å². The molecular formula is C16H20N2O4S. The van der Waals surface area contributed by atoms with E-state index < -0.39 is 10.0 Å². The second kappa shape index (κ2) is 6.07. The fourth-order valence-electron chi connectivity index (χ4n) is 3.36. The van der Waals surface area contributed by atoms with E-state index in [1.807, 2.05) is 13.0 Å². The summed E-state index contributed by atoms with van der Waals surface area (Å²) in [6.07, 6.45) is 9.04. The minimum absolute atomic E-state index is 0.0193. The van der Waals surface area contributed by atoms with Gasteiger partial charge in [-0.15, -0.1) is 0 Å². The molecule has 124 valence electrons. The van der Waals surface area contributed by atoms with Gasteiger partial charge in [-0.1, -0.05) is 18.2 Å². The molecule has 0 bridgehead atoms. The molecular weight excluding hydrogens is 316 g/mol. The number of allylic oxidation sites excluding steroid dienone is 6. The molecule has 2 unspecified atom stereocenters. The average Bonchev–Trinajstić information content (AvgIpc) is 2.81. The van der Waals surface area contributed by atoms with Crippen LogP contribution in [0.3, 0.4) is 0 Å². The molecule has 0 radical (unpaired) electrons. The molecule has 0 aromatic carbocycles. The smallest absolute Gasteiger partial charge is 0.240 e. The zero-order valence-corrected chi connectivity index (χ0v) is 13.7. The first kappa shape index (κ1) is 16.2. The van der Waals surface area contributed by atoms with Crippen LogP contribution < -0.4 is 4.72 Å². The number of aliphatic hydroxyl groups is 1. The van der Waals surface area contributed by atoms with Gasteiger partial charge in [-0.05, 0) is 31.1 Å². The Kier molecular flexibility index (Phi) is 4.27. The summed E-state index contributed by atoms with van der Waals surface area (Å²) in [6, 6.07) is 0. The van der Waals surface area contributed by atoms with E-state index in [9.17, 15) is 13.2 Å². The normalized spacial score (nSPS) is 25.9. The van der Waals surface area contributed by atoms with Gasteiger partial charge in [0, 0.05) is 31.3 Å². The Morgan fingerprint density at radius 3 is 2.78 bits per heavy atom. The van der Waals surface area contributed by atoms with E-state index in [1.165, 1.54) is 0 Å². The molecule has 2 atom stereocenters. The maximum absolute atomic E-state index is 12.5. The first-order chi connectivity index (χ1) is 11.0. The number of aliphatic hydroxyl groups excluding tert-OH is 1. The van der Waals surface area contributed by atoms with E-state index in [1.54, 1.807) is 29.2 Å². The quantitative estimate of drug-likeness (QED) is 0.698. The van der Waals surface area contributed by atoms with Crippen LogP contribution in [-0.2, 0) is 14.8 Å². The number of carbonyl (C=O) groups excluding carboxylic acids is 1. The summed E-state index contributed by atoms with van der Waals surface area (Å²) in [5.41, 5.74) is 1.53. The number of hydrogen-bond acceptors (Lipinski definition) is 4. The van der Waals surface area contributed by atoms with E-state index in [0.717, 1.165) is 5.70 Å². The average molecular weight is 336 g/mol. The molecule has 3 rings (SSSR count). The fraction of sp³-hybridized carbons (Fsp3) is 0.438. The highest BCUT2D eigenvalue weighted by atomic mass is 32.2. The minimum Gasteiger partial charge on any atom is -0.396 e. The number of amides is 1. The Hall–Kier alpha value is -1.70. The second-order valence-corrected chi connectivity index (χ2v) is 7.43. The highest BCUT2D eigenvalue weighted by molar-refractivity contribution is 7.93. The minimum atomic E-state index is -3.66. The summed E-state index contributed by atoms with van der Waals surface area (Å²) in [4.78, 5) is 14.4. The number of sulfonamides is 1. The number of nitrogens with one attached hydrogen (secondary N) is 1. The molecule has 0 saturated carbocycles. The molecule has 2 N–H and O–H groups in total. The number of carbonyl (C=O) groups is 1. The Morgan fingerprint density at radius 2 is 2.09 bits per heavy atom. The van der Waals surface area contributed by atoms with Crippen LogP contribution in [0.5, 0.6) is 0 Å². The zero-order valence-electron chi connectivity index (χ0n) is 12.9. The highest BCUT2D eigenvalue weighted by Crippen LogP contribution is 2.47. The van der Waals surface area contributed by atoms with E-state index in [2.05, 4.69) is 4.72 Å². The summed E-state index contributed by atoms with van der Waals surface area (Å²) in [5.74, 6) is -0.523. The second-order valence-electron chi connectivity index (χ2n) is 5.69. The van der Waals surface area contributed by atoms with Crippen LogP contribution in [0.4, 0.5) is 0 Å². The Bertz CT molecular complexity index is 746. The fourth-order valence-corrected chi connectivity index (χ4v) is 4.68. The summed E-state index contributed by atoms with van der Waals surface area (Å²) >= 11 is 0. The SMILES string of the molecule is CCN1C(=O)C2C=CC=C3C(S(=O)(=O)NCCCO)=CC=C1C32. The molecule has 3 aliphatic rings. The van der Waals surface area contributed by atoms with Gasteiger partial charge < -0.3 is 10.0 Å². The molecule has 6 nitrogen and oxygen atoms in total. The third-order valence-corrected chi connectivity index (χ3v) is 5.93. The van der Waals surface area contributed by atoms with E-state index in [-0.39, 0.29) is 35.8 Å². The molecule has 1 aliphatic heterocycles. The van der Waals surface area contributed by atoms with Gasteiger partial charge in [0.2, 0.25) is 15.9 Å². The van der Waals surface area contributed by atoms with Crippen molar-refractivity contribution < 1.29 is 18.3 Å². The topological polar surface area (TPSA) is 86.7 Å². The monoisotopic (exact) mass is 336 g/mol. The van der Waals surface area contributed by atoms with Crippen molar-refractivity contribution in [2.24, 2.45) is 11.8 Å². The van der Waals surface area contributed by atoms with Crippen molar-refractivity contribution in [3.63, 3.8) is 0 Å². The van der Waals surface area contributed by atoms with Gasteiger partial charge in [-0.3, -0.25) is 4.79 Å². The molecule has 1 fully saturated rings. The maximum Gasteiger partial charge on any atom is 0.240 e. The van der Waals surface area contributed by atoms with Crippen molar-refractivity contribution in [3.8, 4) is 0 Å². The Morgan fingerprint density at radius 1 is 1.30 bits per heavy atom. The van der Waals surface area contributed by atoms with Gasteiger partial charge in [-0.25, -0.2) is 13.1 Å². The summed E-state index contributed by atoms with van der Waals surface area (Å²) in [6.45, 7) is 2.60. The molecule has 0 spiro atoms. The van der Waals surface area contributed by atoms with Crippen molar-refractivity contribution in [1.29, 1.82) is 0 Å². The third kappa shape index (κ3) is 2.58.